The van der Waals surface area contributed by atoms with Gasteiger partial charge >= 0.3 is 0 Å². The van der Waals surface area contributed by atoms with Crippen LogP contribution < -0.4 is 5.32 Å². The fourth-order valence-corrected chi connectivity index (χ4v) is 2.71. The molecule has 1 aromatic rings. The van der Waals surface area contributed by atoms with Crippen LogP contribution in [-0.4, -0.2) is 29.4 Å². The Morgan fingerprint density at radius 3 is 2.68 bits per heavy atom. The van der Waals surface area contributed by atoms with Crippen LogP contribution >= 0.6 is 35.0 Å². The zero-order valence-electron chi connectivity index (χ0n) is 10.8. The fourth-order valence-electron chi connectivity index (χ4n) is 1.40. The quantitative estimate of drug-likeness (QED) is 0.791. The Kier molecular flexibility index (Phi) is 7.00. The van der Waals surface area contributed by atoms with E-state index in [0.29, 0.717) is 10.0 Å². The summed E-state index contributed by atoms with van der Waals surface area (Å²) in [6.07, 6.45) is 0. The molecule has 1 rings (SSSR count). The van der Waals surface area contributed by atoms with Gasteiger partial charge in [0.05, 0.1) is 23.4 Å². The Balaban J connectivity index is 2.52. The highest BCUT2D eigenvalue weighted by atomic mass is 35.5. The van der Waals surface area contributed by atoms with Crippen molar-refractivity contribution in [3.63, 3.8) is 0 Å². The molecular formula is C13H17Cl2NO2S. The van der Waals surface area contributed by atoms with E-state index < -0.39 is 0 Å². The summed E-state index contributed by atoms with van der Waals surface area (Å²) in [5.74, 6) is 0.297. The molecule has 0 aromatic heterocycles. The predicted molar refractivity (Wildman–Crippen MR) is 81.0 cm³/mol. The van der Waals surface area contributed by atoms with Crippen molar-refractivity contribution in [1.29, 1.82) is 0 Å². The second kappa shape index (κ2) is 8.00. The first-order chi connectivity index (χ1) is 8.93. The molecule has 0 aliphatic heterocycles. The van der Waals surface area contributed by atoms with Crippen LogP contribution in [0.15, 0.2) is 23.1 Å². The smallest absolute Gasteiger partial charge is 0.230 e. The summed E-state index contributed by atoms with van der Waals surface area (Å²) in [5, 5.41) is 13.1. The van der Waals surface area contributed by atoms with Crippen LogP contribution in [0.2, 0.25) is 10.0 Å². The molecule has 0 unspecified atom stereocenters. The number of aliphatic hydroxyl groups is 1. The molecule has 2 N–H and O–H groups in total. The van der Waals surface area contributed by atoms with Gasteiger partial charge in [-0.15, -0.1) is 11.8 Å². The second-order valence-corrected chi connectivity index (χ2v) is 6.32. The van der Waals surface area contributed by atoms with Crippen LogP contribution in [-0.2, 0) is 4.79 Å². The number of rotatable bonds is 6. The SMILES string of the molecule is CC(C)[C@@H](CO)NC(=O)CSc1cc(Cl)ccc1Cl. The van der Waals surface area contributed by atoms with Gasteiger partial charge in [-0.1, -0.05) is 37.0 Å². The van der Waals surface area contributed by atoms with Gasteiger partial charge in [-0.25, -0.2) is 0 Å². The third kappa shape index (κ3) is 5.61. The Labute approximate surface area is 127 Å². The number of hydrogen-bond donors (Lipinski definition) is 2. The first-order valence-electron chi connectivity index (χ1n) is 5.92. The number of carbonyl (C=O) groups excluding carboxylic acids is 1. The number of aliphatic hydroxyl groups excluding tert-OH is 1. The van der Waals surface area contributed by atoms with Crippen molar-refractivity contribution in [3.8, 4) is 0 Å². The molecule has 19 heavy (non-hydrogen) atoms. The van der Waals surface area contributed by atoms with Gasteiger partial charge in [-0.05, 0) is 24.1 Å². The average Bonchev–Trinajstić information content (AvgIpc) is 2.36. The molecule has 0 heterocycles. The van der Waals surface area contributed by atoms with Crippen LogP contribution in [0.25, 0.3) is 0 Å². The number of carbonyl (C=O) groups is 1. The number of hydrogen-bond acceptors (Lipinski definition) is 3. The molecule has 0 aliphatic carbocycles. The highest BCUT2D eigenvalue weighted by Crippen LogP contribution is 2.29. The van der Waals surface area contributed by atoms with E-state index in [4.69, 9.17) is 28.3 Å². The van der Waals surface area contributed by atoms with Crippen molar-refractivity contribution in [2.24, 2.45) is 5.92 Å². The van der Waals surface area contributed by atoms with Gasteiger partial charge in [-0.3, -0.25) is 4.79 Å². The largest absolute Gasteiger partial charge is 0.394 e. The third-order valence-electron chi connectivity index (χ3n) is 2.60. The summed E-state index contributed by atoms with van der Waals surface area (Å²) >= 11 is 13.2. The molecule has 0 bridgehead atoms. The molecule has 0 saturated carbocycles. The van der Waals surface area contributed by atoms with Crippen LogP contribution in [0.4, 0.5) is 0 Å². The van der Waals surface area contributed by atoms with E-state index in [-0.39, 0.29) is 30.2 Å². The molecule has 1 atom stereocenters. The van der Waals surface area contributed by atoms with E-state index in [1.165, 1.54) is 11.8 Å². The number of thioether (sulfide) groups is 1. The van der Waals surface area contributed by atoms with Gasteiger partial charge in [0.1, 0.15) is 0 Å². The van der Waals surface area contributed by atoms with Crippen molar-refractivity contribution in [2.45, 2.75) is 24.8 Å². The van der Waals surface area contributed by atoms with E-state index >= 15 is 0 Å². The minimum Gasteiger partial charge on any atom is -0.394 e. The van der Waals surface area contributed by atoms with E-state index in [1.807, 2.05) is 13.8 Å². The van der Waals surface area contributed by atoms with Gasteiger partial charge in [0.25, 0.3) is 0 Å². The zero-order valence-corrected chi connectivity index (χ0v) is 13.1. The van der Waals surface area contributed by atoms with Crippen LogP contribution in [0.3, 0.4) is 0 Å². The lowest BCUT2D eigenvalue weighted by molar-refractivity contribution is -0.119. The molecule has 0 spiro atoms. The van der Waals surface area contributed by atoms with Gasteiger partial charge in [0.2, 0.25) is 5.91 Å². The first kappa shape index (κ1) is 16.6. The van der Waals surface area contributed by atoms with Crippen LogP contribution in [0.1, 0.15) is 13.8 Å². The molecule has 1 aromatic carbocycles. The number of benzene rings is 1. The molecule has 3 nitrogen and oxygen atoms in total. The molecule has 0 aliphatic rings. The topological polar surface area (TPSA) is 49.3 Å². The molecule has 6 heteroatoms. The summed E-state index contributed by atoms with van der Waals surface area (Å²) in [5.41, 5.74) is 0. The molecule has 106 valence electrons. The highest BCUT2D eigenvalue weighted by Gasteiger charge is 2.15. The van der Waals surface area contributed by atoms with Crippen LogP contribution in [0.5, 0.6) is 0 Å². The lowest BCUT2D eigenvalue weighted by atomic mass is 10.1. The maximum atomic E-state index is 11.8. The average molecular weight is 322 g/mol. The molecular weight excluding hydrogens is 305 g/mol. The third-order valence-corrected chi connectivity index (χ3v) is 4.33. The van der Waals surface area contributed by atoms with Crippen molar-refractivity contribution in [3.05, 3.63) is 28.2 Å². The molecule has 1 amide bonds. The first-order valence-corrected chi connectivity index (χ1v) is 7.66. The Morgan fingerprint density at radius 2 is 2.11 bits per heavy atom. The fraction of sp³-hybridized carbons (Fsp3) is 0.462. The van der Waals surface area contributed by atoms with E-state index in [9.17, 15) is 4.79 Å². The van der Waals surface area contributed by atoms with E-state index in [0.717, 1.165) is 4.90 Å². The van der Waals surface area contributed by atoms with Crippen molar-refractivity contribution < 1.29 is 9.90 Å². The van der Waals surface area contributed by atoms with Crippen molar-refractivity contribution in [1.82, 2.24) is 5.32 Å². The monoisotopic (exact) mass is 321 g/mol. The summed E-state index contributed by atoms with van der Waals surface area (Å²) in [4.78, 5) is 12.5. The molecule has 0 radical (unpaired) electrons. The summed E-state index contributed by atoms with van der Waals surface area (Å²) < 4.78 is 0. The predicted octanol–water partition coefficient (Wildman–Crippen LogP) is 3.22. The van der Waals surface area contributed by atoms with Gasteiger partial charge < -0.3 is 10.4 Å². The number of amides is 1. The zero-order chi connectivity index (χ0) is 14.4. The van der Waals surface area contributed by atoms with Gasteiger partial charge in [0, 0.05) is 9.92 Å². The van der Waals surface area contributed by atoms with Gasteiger partial charge in [0.15, 0.2) is 0 Å². The maximum Gasteiger partial charge on any atom is 0.230 e. The van der Waals surface area contributed by atoms with Crippen molar-refractivity contribution >= 4 is 40.9 Å². The van der Waals surface area contributed by atoms with Crippen LogP contribution in [0, 0.1) is 5.92 Å². The summed E-state index contributed by atoms with van der Waals surface area (Å²) in [6, 6.07) is 4.92. The number of nitrogens with one attached hydrogen (secondary N) is 1. The second-order valence-electron chi connectivity index (χ2n) is 4.46. The summed E-state index contributed by atoms with van der Waals surface area (Å²) in [7, 11) is 0. The maximum absolute atomic E-state index is 11.8. The van der Waals surface area contributed by atoms with Crippen molar-refractivity contribution in [2.75, 3.05) is 12.4 Å². The highest BCUT2D eigenvalue weighted by molar-refractivity contribution is 8.00. The van der Waals surface area contributed by atoms with E-state index in [2.05, 4.69) is 5.32 Å². The minimum atomic E-state index is -0.220. The molecule has 0 fully saturated rings. The van der Waals surface area contributed by atoms with E-state index in [1.54, 1.807) is 18.2 Å². The Hall–Kier alpha value is -0.420. The molecule has 0 saturated heterocycles. The Bertz CT molecular complexity index is 441. The lowest BCUT2D eigenvalue weighted by Gasteiger charge is -2.19. The summed E-state index contributed by atoms with van der Waals surface area (Å²) in [6.45, 7) is 3.83. The Morgan fingerprint density at radius 1 is 1.42 bits per heavy atom. The lowest BCUT2D eigenvalue weighted by Crippen LogP contribution is -2.41. The minimum absolute atomic E-state index is 0.0635. The standard InChI is InChI=1S/C13H17Cl2NO2S/c1-8(2)11(6-17)16-13(18)7-19-12-5-9(14)3-4-10(12)15/h3-5,8,11,17H,6-7H2,1-2H3,(H,16,18)/t11-/m1/s1. The normalized spacial score (nSPS) is 12.5. The number of halogens is 2. The van der Waals surface area contributed by atoms with Gasteiger partial charge in [-0.2, -0.15) is 0 Å².